The molecule has 3 unspecified atom stereocenters. The number of amides is 1. The van der Waals surface area contributed by atoms with Crippen LogP contribution in [0.5, 0.6) is 0 Å². The molecule has 1 heterocycles. The minimum Gasteiger partial charge on any atom is -0.481 e. The first-order chi connectivity index (χ1) is 15.3. The van der Waals surface area contributed by atoms with Gasteiger partial charge in [0.15, 0.2) is 0 Å². The predicted molar refractivity (Wildman–Crippen MR) is 125 cm³/mol. The fourth-order valence-corrected chi connectivity index (χ4v) is 5.07. The third kappa shape index (κ3) is 5.43. The zero-order chi connectivity index (χ0) is 23.3. The first-order valence-electron chi connectivity index (χ1n) is 10.8. The van der Waals surface area contributed by atoms with E-state index < -0.39 is 11.9 Å². The van der Waals surface area contributed by atoms with E-state index in [0.29, 0.717) is 35.7 Å². The van der Waals surface area contributed by atoms with Crippen molar-refractivity contribution in [3.05, 3.63) is 69.7 Å². The number of likely N-dealkylation sites (tertiary alicyclic amines) is 1. The standard InChI is InChI=1S/C25H26Cl2N2O3/c1-2-21(7-4-12-28)29-24(16-8-10-19(26)11-9-16)22(17-5-3-6-20(27)13-17)14-18(25(29)32)15-23(30)31/h3,5-6,8-11,13,18,21-22,24H,2,4,7,14-15H2,1H3,(H,30,31)/t18?,21?,22?,24-/m1/s1. The summed E-state index contributed by atoms with van der Waals surface area (Å²) in [5, 5.41) is 19.8. The fourth-order valence-electron chi connectivity index (χ4n) is 4.75. The quantitative estimate of drug-likeness (QED) is 0.493. The first kappa shape index (κ1) is 24.1. The number of aliphatic carboxylic acids is 1. The Kier molecular flexibility index (Phi) is 8.17. The number of nitrogens with zero attached hydrogens (tertiary/aromatic N) is 2. The molecule has 5 nitrogen and oxygen atoms in total. The Labute approximate surface area is 198 Å². The van der Waals surface area contributed by atoms with Crippen molar-refractivity contribution < 1.29 is 14.7 Å². The van der Waals surface area contributed by atoms with Crippen molar-refractivity contribution in [2.45, 2.75) is 57.0 Å². The number of halogens is 2. The number of hydrogen-bond acceptors (Lipinski definition) is 3. The molecular formula is C25H26Cl2N2O3. The van der Waals surface area contributed by atoms with Gasteiger partial charge in [0.25, 0.3) is 0 Å². The third-order valence-corrected chi connectivity index (χ3v) is 6.67. The van der Waals surface area contributed by atoms with Crippen LogP contribution >= 0.6 is 23.2 Å². The predicted octanol–water partition coefficient (Wildman–Crippen LogP) is 6.22. The second kappa shape index (κ2) is 10.8. The lowest BCUT2D eigenvalue weighted by Gasteiger charge is -2.48. The second-order valence-electron chi connectivity index (χ2n) is 8.19. The van der Waals surface area contributed by atoms with Crippen molar-refractivity contribution in [3.63, 3.8) is 0 Å². The highest BCUT2D eigenvalue weighted by molar-refractivity contribution is 6.30. The summed E-state index contributed by atoms with van der Waals surface area (Å²) in [6.45, 7) is 1.99. The number of carbonyl (C=O) groups is 2. The SMILES string of the molecule is CCC(CCC#N)N1C(=O)C(CC(=O)O)CC(c2cccc(Cl)c2)[C@H]1c1ccc(Cl)cc1. The summed E-state index contributed by atoms with van der Waals surface area (Å²) in [7, 11) is 0. The number of carbonyl (C=O) groups excluding carboxylic acids is 1. The summed E-state index contributed by atoms with van der Waals surface area (Å²) in [6.07, 6.45) is 1.70. The van der Waals surface area contributed by atoms with Gasteiger partial charge in [-0.3, -0.25) is 9.59 Å². The Morgan fingerprint density at radius 3 is 2.50 bits per heavy atom. The van der Waals surface area contributed by atoms with Gasteiger partial charge in [0.2, 0.25) is 5.91 Å². The molecule has 0 aromatic heterocycles. The van der Waals surface area contributed by atoms with Crippen molar-refractivity contribution in [2.24, 2.45) is 5.92 Å². The highest BCUT2D eigenvalue weighted by atomic mass is 35.5. The number of hydrogen-bond donors (Lipinski definition) is 1. The number of carboxylic acids is 1. The van der Waals surface area contributed by atoms with E-state index in [1.165, 1.54) is 0 Å². The molecular weight excluding hydrogens is 447 g/mol. The van der Waals surface area contributed by atoms with E-state index in [9.17, 15) is 14.7 Å². The van der Waals surface area contributed by atoms with E-state index >= 15 is 0 Å². The maximum atomic E-state index is 13.6. The molecule has 4 atom stereocenters. The maximum Gasteiger partial charge on any atom is 0.304 e. The number of nitriles is 1. The molecule has 0 saturated carbocycles. The Morgan fingerprint density at radius 1 is 1.19 bits per heavy atom. The average Bonchev–Trinajstić information content (AvgIpc) is 2.76. The summed E-state index contributed by atoms with van der Waals surface area (Å²) < 4.78 is 0. The van der Waals surface area contributed by atoms with E-state index in [-0.39, 0.29) is 30.3 Å². The maximum absolute atomic E-state index is 13.6. The lowest BCUT2D eigenvalue weighted by molar-refractivity contribution is -0.152. The molecule has 0 aliphatic carbocycles. The van der Waals surface area contributed by atoms with Gasteiger partial charge in [-0.25, -0.2) is 0 Å². The molecule has 2 aromatic rings. The van der Waals surface area contributed by atoms with Crippen LogP contribution in [0, 0.1) is 17.2 Å². The van der Waals surface area contributed by atoms with Crippen molar-refractivity contribution in [1.82, 2.24) is 4.90 Å². The topological polar surface area (TPSA) is 81.4 Å². The van der Waals surface area contributed by atoms with Crippen LogP contribution in [0.3, 0.4) is 0 Å². The van der Waals surface area contributed by atoms with Crippen LogP contribution in [0.2, 0.25) is 10.0 Å². The molecule has 1 amide bonds. The number of benzene rings is 2. The third-order valence-electron chi connectivity index (χ3n) is 6.19. The van der Waals surface area contributed by atoms with Crippen LogP contribution in [0.25, 0.3) is 0 Å². The molecule has 1 aliphatic rings. The van der Waals surface area contributed by atoms with Gasteiger partial charge in [0.05, 0.1) is 18.5 Å². The lowest BCUT2D eigenvalue weighted by atomic mass is 9.74. The van der Waals surface area contributed by atoms with Crippen molar-refractivity contribution >= 4 is 35.1 Å². The van der Waals surface area contributed by atoms with Gasteiger partial charge in [-0.05, 0) is 54.7 Å². The molecule has 2 aromatic carbocycles. The average molecular weight is 473 g/mol. The number of piperidine rings is 1. The monoisotopic (exact) mass is 472 g/mol. The summed E-state index contributed by atoms with van der Waals surface area (Å²) in [6, 6.07) is 16.6. The Hall–Kier alpha value is -2.55. The van der Waals surface area contributed by atoms with Crippen LogP contribution in [-0.2, 0) is 9.59 Å². The molecule has 3 rings (SSSR count). The molecule has 1 saturated heterocycles. The summed E-state index contributed by atoms with van der Waals surface area (Å²) in [5.74, 6) is -1.96. The van der Waals surface area contributed by atoms with Gasteiger partial charge >= 0.3 is 5.97 Å². The summed E-state index contributed by atoms with van der Waals surface area (Å²) in [5.41, 5.74) is 1.89. The Balaban J connectivity index is 2.16. The van der Waals surface area contributed by atoms with Gasteiger partial charge in [-0.2, -0.15) is 5.26 Å². The highest BCUT2D eigenvalue weighted by Gasteiger charge is 2.45. The van der Waals surface area contributed by atoms with E-state index in [2.05, 4.69) is 6.07 Å². The molecule has 1 N–H and O–H groups in total. The van der Waals surface area contributed by atoms with E-state index in [1.54, 1.807) is 18.2 Å². The lowest BCUT2D eigenvalue weighted by Crippen LogP contribution is -2.52. The van der Waals surface area contributed by atoms with Gasteiger partial charge in [-0.1, -0.05) is 54.4 Å². The highest BCUT2D eigenvalue weighted by Crippen LogP contribution is 2.48. The van der Waals surface area contributed by atoms with Gasteiger partial charge in [0, 0.05) is 34.3 Å². The van der Waals surface area contributed by atoms with Crippen molar-refractivity contribution in [1.29, 1.82) is 5.26 Å². The smallest absolute Gasteiger partial charge is 0.304 e. The van der Waals surface area contributed by atoms with Crippen molar-refractivity contribution in [2.75, 3.05) is 0 Å². The van der Waals surface area contributed by atoms with Crippen LogP contribution in [0.4, 0.5) is 0 Å². The first-order valence-corrected chi connectivity index (χ1v) is 11.5. The molecule has 0 bridgehead atoms. The molecule has 168 valence electrons. The fraction of sp³-hybridized carbons (Fsp3) is 0.400. The zero-order valence-corrected chi connectivity index (χ0v) is 19.4. The molecule has 0 spiro atoms. The van der Waals surface area contributed by atoms with E-state index in [1.807, 2.05) is 42.2 Å². The van der Waals surface area contributed by atoms with Crippen molar-refractivity contribution in [3.8, 4) is 6.07 Å². The Morgan fingerprint density at radius 2 is 1.91 bits per heavy atom. The van der Waals surface area contributed by atoms with Crippen LogP contribution in [-0.4, -0.2) is 27.9 Å². The van der Waals surface area contributed by atoms with E-state index in [0.717, 1.165) is 11.1 Å². The molecule has 32 heavy (non-hydrogen) atoms. The zero-order valence-electron chi connectivity index (χ0n) is 17.9. The Bertz CT molecular complexity index is 1000. The van der Waals surface area contributed by atoms with Gasteiger partial charge in [-0.15, -0.1) is 0 Å². The van der Waals surface area contributed by atoms with Gasteiger partial charge < -0.3 is 10.0 Å². The summed E-state index contributed by atoms with van der Waals surface area (Å²) >= 11 is 12.4. The molecule has 1 fully saturated rings. The van der Waals surface area contributed by atoms with Crippen LogP contribution in [0.1, 0.15) is 62.1 Å². The minimum absolute atomic E-state index is 0.145. The van der Waals surface area contributed by atoms with E-state index in [4.69, 9.17) is 28.5 Å². The molecule has 1 aliphatic heterocycles. The van der Waals surface area contributed by atoms with Crippen LogP contribution in [0.15, 0.2) is 48.5 Å². The van der Waals surface area contributed by atoms with Crippen LogP contribution < -0.4 is 0 Å². The minimum atomic E-state index is -0.997. The second-order valence-corrected chi connectivity index (χ2v) is 9.07. The largest absolute Gasteiger partial charge is 0.481 e. The number of rotatable bonds is 8. The molecule has 7 heteroatoms. The molecule has 0 radical (unpaired) electrons. The van der Waals surface area contributed by atoms with Gasteiger partial charge in [0.1, 0.15) is 0 Å². The normalized spacial score (nSPS) is 21.8. The number of carboxylic acid groups (broad SMARTS) is 1. The summed E-state index contributed by atoms with van der Waals surface area (Å²) in [4.78, 5) is 27.1.